The van der Waals surface area contributed by atoms with Gasteiger partial charge in [0.1, 0.15) is 5.54 Å². The number of benzene rings is 1. The summed E-state index contributed by atoms with van der Waals surface area (Å²) in [4.78, 5) is 25.4. The van der Waals surface area contributed by atoms with Crippen LogP contribution in [0.2, 0.25) is 0 Å². The Balaban J connectivity index is 1.88. The van der Waals surface area contributed by atoms with E-state index in [0.29, 0.717) is 25.2 Å². The van der Waals surface area contributed by atoms with Crippen LogP contribution in [0.4, 0.5) is 0 Å². The maximum absolute atomic E-state index is 13.1. The molecule has 7 nitrogen and oxygen atoms in total. The highest BCUT2D eigenvalue weighted by atomic mass is 16.5. The monoisotopic (exact) mass is 398 g/mol. The summed E-state index contributed by atoms with van der Waals surface area (Å²) in [6.45, 7) is 6.79. The van der Waals surface area contributed by atoms with Crippen molar-refractivity contribution in [3.63, 3.8) is 0 Å². The van der Waals surface area contributed by atoms with Gasteiger partial charge in [0.2, 0.25) is 5.91 Å². The maximum Gasteiger partial charge on any atom is 0.276 e. The summed E-state index contributed by atoms with van der Waals surface area (Å²) in [6, 6.07) is 9.50. The predicted molar refractivity (Wildman–Crippen MR) is 111 cm³/mol. The van der Waals surface area contributed by atoms with Crippen LogP contribution >= 0.6 is 0 Å². The van der Waals surface area contributed by atoms with Gasteiger partial charge in [-0.2, -0.15) is 5.10 Å². The van der Waals surface area contributed by atoms with Gasteiger partial charge in [-0.1, -0.05) is 39.0 Å². The third kappa shape index (κ3) is 4.60. The molecule has 0 saturated heterocycles. The van der Waals surface area contributed by atoms with E-state index in [1.807, 2.05) is 37.3 Å². The third-order valence-corrected chi connectivity index (χ3v) is 5.66. The zero-order valence-electron chi connectivity index (χ0n) is 17.4. The van der Waals surface area contributed by atoms with Gasteiger partial charge in [-0.25, -0.2) is 4.68 Å². The normalized spacial score (nSPS) is 17.5. The van der Waals surface area contributed by atoms with Crippen LogP contribution < -0.4 is 15.8 Å². The van der Waals surface area contributed by atoms with Gasteiger partial charge in [0.05, 0.1) is 18.5 Å². The Morgan fingerprint density at radius 2 is 1.83 bits per heavy atom. The molecule has 29 heavy (non-hydrogen) atoms. The molecule has 1 aromatic carbocycles. The first-order valence-electron chi connectivity index (χ1n) is 10.2. The smallest absolute Gasteiger partial charge is 0.276 e. The van der Waals surface area contributed by atoms with Gasteiger partial charge in [0.25, 0.3) is 5.91 Å². The fourth-order valence-electron chi connectivity index (χ4n) is 3.61. The fraction of sp³-hybridized carbons (Fsp3) is 0.500. The highest BCUT2D eigenvalue weighted by Gasteiger charge is 2.44. The van der Waals surface area contributed by atoms with Gasteiger partial charge in [-0.05, 0) is 49.7 Å². The van der Waals surface area contributed by atoms with Crippen LogP contribution in [0, 0.1) is 5.41 Å². The minimum atomic E-state index is -1.05. The number of para-hydroxylation sites is 1. The molecule has 1 aliphatic rings. The van der Waals surface area contributed by atoms with Crippen LogP contribution in [0.15, 0.2) is 36.5 Å². The number of hydrogen-bond acceptors (Lipinski definition) is 4. The zero-order valence-corrected chi connectivity index (χ0v) is 17.4. The van der Waals surface area contributed by atoms with Crippen molar-refractivity contribution in [1.82, 2.24) is 15.1 Å². The first-order valence-corrected chi connectivity index (χ1v) is 10.2. The highest BCUT2D eigenvalue weighted by molar-refractivity contribution is 5.99. The molecule has 2 amide bonds. The van der Waals surface area contributed by atoms with E-state index in [-0.39, 0.29) is 11.1 Å². The quantitative estimate of drug-likeness (QED) is 0.748. The van der Waals surface area contributed by atoms with Crippen LogP contribution in [0.25, 0.3) is 5.69 Å². The number of hydrogen-bond donors (Lipinski definition) is 2. The molecule has 1 heterocycles. The number of ether oxygens (including phenoxy) is 1. The molecular weight excluding hydrogens is 368 g/mol. The number of nitrogens with one attached hydrogen (secondary N) is 1. The Morgan fingerprint density at radius 3 is 2.41 bits per heavy atom. The molecule has 1 saturated carbocycles. The second-order valence-electron chi connectivity index (χ2n) is 8.54. The van der Waals surface area contributed by atoms with E-state index in [1.54, 1.807) is 10.9 Å². The number of carbonyl (C=O) groups excluding carboxylic acids is 2. The van der Waals surface area contributed by atoms with Crippen molar-refractivity contribution in [3.8, 4) is 11.4 Å². The SMILES string of the molecule is CCCOc1cn(-c2ccccc2)nc1C(=O)NC1(C(N)=O)CCC(C)(C)CC1. The van der Waals surface area contributed by atoms with E-state index in [4.69, 9.17) is 10.5 Å². The molecule has 156 valence electrons. The lowest BCUT2D eigenvalue weighted by Crippen LogP contribution is -2.59. The fourth-order valence-corrected chi connectivity index (χ4v) is 3.61. The summed E-state index contributed by atoms with van der Waals surface area (Å²) in [7, 11) is 0. The van der Waals surface area contributed by atoms with Gasteiger partial charge < -0.3 is 15.8 Å². The van der Waals surface area contributed by atoms with Crippen molar-refractivity contribution in [2.75, 3.05) is 6.61 Å². The molecule has 7 heteroatoms. The van der Waals surface area contributed by atoms with Crippen molar-refractivity contribution >= 4 is 11.8 Å². The molecule has 1 aromatic heterocycles. The minimum Gasteiger partial charge on any atom is -0.489 e. The van der Waals surface area contributed by atoms with Gasteiger partial charge in [-0.15, -0.1) is 0 Å². The second kappa shape index (κ2) is 8.27. The van der Waals surface area contributed by atoms with E-state index >= 15 is 0 Å². The van der Waals surface area contributed by atoms with Gasteiger partial charge in [-0.3, -0.25) is 9.59 Å². The summed E-state index contributed by atoms with van der Waals surface area (Å²) in [5, 5.41) is 7.34. The van der Waals surface area contributed by atoms with Crippen molar-refractivity contribution in [3.05, 3.63) is 42.2 Å². The average Bonchev–Trinajstić information content (AvgIpc) is 3.13. The van der Waals surface area contributed by atoms with Crippen molar-refractivity contribution < 1.29 is 14.3 Å². The summed E-state index contributed by atoms with van der Waals surface area (Å²) in [5.74, 6) is -0.548. The lowest BCUT2D eigenvalue weighted by atomic mass is 9.69. The molecule has 0 radical (unpaired) electrons. The number of primary amides is 1. The molecule has 3 rings (SSSR count). The molecule has 3 N–H and O–H groups in total. The summed E-state index contributed by atoms with van der Waals surface area (Å²) in [6.07, 6.45) is 5.16. The maximum atomic E-state index is 13.1. The third-order valence-electron chi connectivity index (χ3n) is 5.66. The average molecular weight is 399 g/mol. The van der Waals surface area contributed by atoms with Crippen LogP contribution in [0.5, 0.6) is 5.75 Å². The summed E-state index contributed by atoms with van der Waals surface area (Å²) < 4.78 is 7.38. The van der Waals surface area contributed by atoms with Gasteiger partial charge in [0.15, 0.2) is 11.4 Å². The lowest BCUT2D eigenvalue weighted by Gasteiger charge is -2.41. The first-order chi connectivity index (χ1) is 13.8. The highest BCUT2D eigenvalue weighted by Crippen LogP contribution is 2.40. The Hall–Kier alpha value is -2.83. The molecular formula is C22H30N4O3. The molecule has 1 fully saturated rings. The van der Waals surface area contributed by atoms with Crippen molar-refractivity contribution in [1.29, 1.82) is 0 Å². The molecule has 1 aliphatic carbocycles. The second-order valence-corrected chi connectivity index (χ2v) is 8.54. The molecule has 0 bridgehead atoms. The standard InChI is InChI=1S/C22H30N4O3/c1-4-14-29-17-15-26(16-8-6-5-7-9-16)25-18(17)19(27)24-22(20(23)28)12-10-21(2,3)11-13-22/h5-9,15H,4,10-14H2,1-3H3,(H2,23,28)(H,24,27). The topological polar surface area (TPSA) is 99.2 Å². The number of nitrogens with two attached hydrogens (primary N) is 1. The van der Waals surface area contributed by atoms with Crippen molar-refractivity contribution in [2.45, 2.75) is 58.4 Å². The Labute approximate surface area is 171 Å². The number of amides is 2. The first kappa shape index (κ1) is 20.9. The Morgan fingerprint density at radius 1 is 1.17 bits per heavy atom. The number of aromatic nitrogens is 2. The summed E-state index contributed by atoms with van der Waals surface area (Å²) >= 11 is 0. The zero-order chi connectivity index (χ0) is 21.1. The van der Waals surface area contributed by atoms with Gasteiger partial charge in [0, 0.05) is 0 Å². The van der Waals surface area contributed by atoms with Gasteiger partial charge >= 0.3 is 0 Å². The number of nitrogens with zero attached hydrogens (tertiary/aromatic N) is 2. The largest absolute Gasteiger partial charge is 0.489 e. The molecule has 2 aromatic rings. The van der Waals surface area contributed by atoms with E-state index in [1.165, 1.54) is 0 Å². The van der Waals surface area contributed by atoms with Crippen LogP contribution in [-0.2, 0) is 4.79 Å². The van der Waals surface area contributed by atoms with Crippen LogP contribution in [0.1, 0.15) is 63.4 Å². The minimum absolute atomic E-state index is 0.133. The molecule has 0 atom stereocenters. The Kier molecular flexibility index (Phi) is 5.96. The molecule has 0 spiro atoms. The summed E-state index contributed by atoms with van der Waals surface area (Å²) in [5.41, 5.74) is 5.78. The molecule has 0 aliphatic heterocycles. The van der Waals surface area contributed by atoms with E-state index in [0.717, 1.165) is 24.9 Å². The predicted octanol–water partition coefficient (Wildman–Crippen LogP) is 3.22. The van der Waals surface area contributed by atoms with Crippen LogP contribution in [0.3, 0.4) is 0 Å². The van der Waals surface area contributed by atoms with E-state index in [2.05, 4.69) is 24.3 Å². The lowest BCUT2D eigenvalue weighted by molar-refractivity contribution is -0.126. The molecule has 0 unspecified atom stereocenters. The van der Waals surface area contributed by atoms with E-state index in [9.17, 15) is 9.59 Å². The Bertz CT molecular complexity index is 863. The number of carbonyl (C=O) groups is 2. The number of rotatable bonds is 7. The van der Waals surface area contributed by atoms with E-state index < -0.39 is 17.4 Å². The van der Waals surface area contributed by atoms with Crippen molar-refractivity contribution in [2.24, 2.45) is 11.1 Å². The van der Waals surface area contributed by atoms with Crippen LogP contribution in [-0.4, -0.2) is 33.7 Å².